The molecule has 0 aromatic carbocycles. The molecule has 0 aliphatic heterocycles. The van der Waals surface area contributed by atoms with Crippen molar-refractivity contribution in [2.24, 2.45) is 0 Å². The van der Waals surface area contributed by atoms with Gasteiger partial charge < -0.3 is 25.5 Å². The van der Waals surface area contributed by atoms with Crippen LogP contribution in [0.5, 0.6) is 0 Å². The highest BCUT2D eigenvalue weighted by Crippen LogP contribution is 2.18. The normalized spacial score (nSPS) is 16.4. The van der Waals surface area contributed by atoms with E-state index in [2.05, 4.69) is 0 Å². The SMILES string of the molecule is O=C(O)CCC(O)(C(=O)O)C(O)C(=O)O. The van der Waals surface area contributed by atoms with Crippen LogP contribution in [0.2, 0.25) is 0 Å². The monoisotopic (exact) mass is 222 g/mol. The standard InChI is InChI=1S/C7H10O8/c8-3(9)1-2-7(15,6(13)14)4(10)5(11)12/h4,10,15H,1-2H2,(H,8,9)(H,11,12)(H,13,14). The molecule has 2 atom stereocenters. The lowest BCUT2D eigenvalue weighted by Gasteiger charge is -2.25. The molecule has 0 aliphatic carbocycles. The maximum atomic E-state index is 10.5. The highest BCUT2D eigenvalue weighted by Gasteiger charge is 2.47. The highest BCUT2D eigenvalue weighted by atomic mass is 16.4. The highest BCUT2D eigenvalue weighted by molar-refractivity contribution is 5.87. The van der Waals surface area contributed by atoms with Gasteiger partial charge in [0, 0.05) is 12.8 Å². The number of aliphatic carboxylic acids is 3. The minimum absolute atomic E-state index is 0.771. The van der Waals surface area contributed by atoms with Crippen LogP contribution in [0.15, 0.2) is 0 Å². The number of aliphatic hydroxyl groups is 2. The lowest BCUT2D eigenvalue weighted by atomic mass is 9.91. The molecule has 0 radical (unpaired) electrons. The fourth-order valence-corrected chi connectivity index (χ4v) is 0.862. The first-order chi connectivity index (χ1) is 6.71. The van der Waals surface area contributed by atoms with E-state index in [-0.39, 0.29) is 0 Å². The molecule has 0 amide bonds. The van der Waals surface area contributed by atoms with Crippen molar-refractivity contribution in [1.29, 1.82) is 0 Å². The lowest BCUT2D eigenvalue weighted by molar-refractivity contribution is -0.185. The minimum Gasteiger partial charge on any atom is -0.481 e. The molecule has 5 N–H and O–H groups in total. The van der Waals surface area contributed by atoms with Crippen LogP contribution < -0.4 is 0 Å². The van der Waals surface area contributed by atoms with Crippen LogP contribution in [0.4, 0.5) is 0 Å². The molecule has 0 bridgehead atoms. The van der Waals surface area contributed by atoms with E-state index >= 15 is 0 Å². The molecular formula is C7H10O8. The van der Waals surface area contributed by atoms with Gasteiger partial charge in [0.1, 0.15) is 0 Å². The van der Waals surface area contributed by atoms with Gasteiger partial charge in [-0.1, -0.05) is 0 Å². The Morgan fingerprint density at radius 2 is 1.60 bits per heavy atom. The van der Waals surface area contributed by atoms with Crippen molar-refractivity contribution in [3.05, 3.63) is 0 Å². The Hall–Kier alpha value is -1.67. The summed E-state index contributed by atoms with van der Waals surface area (Å²) in [7, 11) is 0. The van der Waals surface area contributed by atoms with Crippen molar-refractivity contribution >= 4 is 17.9 Å². The van der Waals surface area contributed by atoms with Gasteiger partial charge in [-0.2, -0.15) is 0 Å². The van der Waals surface area contributed by atoms with Crippen LogP contribution in [0.1, 0.15) is 12.8 Å². The van der Waals surface area contributed by atoms with Gasteiger partial charge in [-0.05, 0) is 0 Å². The molecule has 0 aliphatic rings. The van der Waals surface area contributed by atoms with E-state index in [1.807, 2.05) is 0 Å². The summed E-state index contributed by atoms with van der Waals surface area (Å²) in [5.74, 6) is -5.34. The first kappa shape index (κ1) is 13.3. The van der Waals surface area contributed by atoms with E-state index in [1.54, 1.807) is 0 Å². The zero-order chi connectivity index (χ0) is 12.2. The van der Waals surface area contributed by atoms with Crippen LogP contribution in [0.25, 0.3) is 0 Å². The van der Waals surface area contributed by atoms with E-state index in [9.17, 15) is 19.5 Å². The number of carboxylic acid groups (broad SMARTS) is 3. The second-order valence-corrected chi connectivity index (χ2v) is 2.86. The van der Waals surface area contributed by atoms with Crippen molar-refractivity contribution in [2.45, 2.75) is 24.5 Å². The number of hydrogen-bond donors (Lipinski definition) is 5. The molecule has 0 aromatic rings. The summed E-state index contributed by atoms with van der Waals surface area (Å²) in [5, 5.41) is 43.2. The molecular weight excluding hydrogens is 212 g/mol. The fraction of sp³-hybridized carbons (Fsp3) is 0.571. The van der Waals surface area contributed by atoms with E-state index in [1.165, 1.54) is 0 Å². The number of rotatable bonds is 6. The number of aliphatic hydroxyl groups excluding tert-OH is 1. The summed E-state index contributed by atoms with van der Waals surface area (Å²) in [6, 6.07) is 0. The Balaban J connectivity index is 4.81. The average molecular weight is 222 g/mol. The van der Waals surface area contributed by atoms with Gasteiger partial charge in [-0.15, -0.1) is 0 Å². The lowest BCUT2D eigenvalue weighted by Crippen LogP contribution is -2.53. The fourth-order valence-electron chi connectivity index (χ4n) is 0.862. The summed E-state index contributed by atoms with van der Waals surface area (Å²) < 4.78 is 0. The smallest absolute Gasteiger partial charge is 0.339 e. The van der Waals surface area contributed by atoms with Crippen LogP contribution in [-0.2, 0) is 14.4 Å². The molecule has 8 nitrogen and oxygen atoms in total. The van der Waals surface area contributed by atoms with Crippen LogP contribution in [0, 0.1) is 0 Å². The molecule has 8 heteroatoms. The van der Waals surface area contributed by atoms with Gasteiger partial charge in [0.2, 0.25) is 0 Å². The first-order valence-corrected chi connectivity index (χ1v) is 3.80. The Labute approximate surface area is 83.4 Å². The third kappa shape index (κ3) is 3.18. The van der Waals surface area contributed by atoms with E-state index in [4.69, 9.17) is 20.4 Å². The predicted octanol–water partition coefficient (Wildman–Crippen LogP) is -1.89. The number of carbonyl (C=O) groups is 3. The van der Waals surface area contributed by atoms with Gasteiger partial charge in [0.15, 0.2) is 11.7 Å². The molecule has 15 heavy (non-hydrogen) atoms. The molecule has 0 aromatic heterocycles. The Bertz CT molecular complexity index is 285. The molecule has 0 saturated carbocycles. The molecule has 2 unspecified atom stereocenters. The van der Waals surface area contributed by atoms with Gasteiger partial charge in [0.25, 0.3) is 0 Å². The maximum Gasteiger partial charge on any atom is 0.339 e. The third-order valence-corrected chi connectivity index (χ3v) is 1.78. The Morgan fingerprint density at radius 1 is 1.13 bits per heavy atom. The summed E-state index contributed by atoms with van der Waals surface area (Å²) in [6.45, 7) is 0. The largest absolute Gasteiger partial charge is 0.481 e. The summed E-state index contributed by atoms with van der Waals surface area (Å²) in [5.41, 5.74) is -3.00. The summed E-state index contributed by atoms with van der Waals surface area (Å²) in [6.07, 6.45) is -4.24. The van der Waals surface area contributed by atoms with Crippen molar-refractivity contribution in [3.8, 4) is 0 Å². The van der Waals surface area contributed by atoms with Crippen LogP contribution in [0.3, 0.4) is 0 Å². The zero-order valence-corrected chi connectivity index (χ0v) is 7.45. The quantitative estimate of drug-likeness (QED) is 0.349. The molecule has 0 heterocycles. The Kier molecular flexibility index (Phi) is 4.19. The second kappa shape index (κ2) is 4.71. The molecule has 0 fully saturated rings. The van der Waals surface area contributed by atoms with Crippen LogP contribution in [-0.4, -0.2) is 55.1 Å². The summed E-state index contributed by atoms with van der Waals surface area (Å²) >= 11 is 0. The molecule has 0 saturated heterocycles. The second-order valence-electron chi connectivity index (χ2n) is 2.86. The zero-order valence-electron chi connectivity index (χ0n) is 7.45. The maximum absolute atomic E-state index is 10.5. The third-order valence-electron chi connectivity index (χ3n) is 1.78. The van der Waals surface area contributed by atoms with E-state index in [0.29, 0.717) is 0 Å². The summed E-state index contributed by atoms with van der Waals surface area (Å²) in [4.78, 5) is 30.9. The van der Waals surface area contributed by atoms with E-state index in [0.717, 1.165) is 0 Å². The number of carboxylic acids is 3. The topological polar surface area (TPSA) is 152 Å². The molecule has 0 spiro atoms. The Morgan fingerprint density at radius 3 is 1.87 bits per heavy atom. The molecule has 86 valence electrons. The minimum atomic E-state index is -3.00. The van der Waals surface area contributed by atoms with Crippen molar-refractivity contribution < 1.29 is 39.9 Å². The van der Waals surface area contributed by atoms with Crippen LogP contribution >= 0.6 is 0 Å². The van der Waals surface area contributed by atoms with Gasteiger partial charge in [0.05, 0.1) is 0 Å². The van der Waals surface area contributed by atoms with Crippen molar-refractivity contribution in [1.82, 2.24) is 0 Å². The predicted molar refractivity (Wildman–Crippen MR) is 43.1 cm³/mol. The van der Waals surface area contributed by atoms with Gasteiger partial charge in [-0.25, -0.2) is 9.59 Å². The van der Waals surface area contributed by atoms with Gasteiger partial charge in [-0.3, -0.25) is 4.79 Å². The molecule has 0 rings (SSSR count). The first-order valence-electron chi connectivity index (χ1n) is 3.80. The van der Waals surface area contributed by atoms with Gasteiger partial charge >= 0.3 is 17.9 Å². The van der Waals surface area contributed by atoms with Crippen molar-refractivity contribution in [3.63, 3.8) is 0 Å². The number of hydrogen-bond acceptors (Lipinski definition) is 5. The van der Waals surface area contributed by atoms with E-state index < -0.39 is 42.5 Å². The van der Waals surface area contributed by atoms with Crippen molar-refractivity contribution in [2.75, 3.05) is 0 Å². The average Bonchev–Trinajstić information content (AvgIpc) is 2.12.